The molecule has 1 fully saturated rings. The summed E-state index contributed by atoms with van der Waals surface area (Å²) in [5, 5.41) is 5.02. The van der Waals surface area contributed by atoms with Crippen LogP contribution in [-0.4, -0.2) is 112 Å². The van der Waals surface area contributed by atoms with Crippen molar-refractivity contribution in [3.8, 4) is 5.75 Å². The van der Waals surface area contributed by atoms with Crippen LogP contribution in [0.4, 0.5) is 19.3 Å². The van der Waals surface area contributed by atoms with Crippen molar-refractivity contribution in [1.82, 2.24) is 5.32 Å². The lowest BCUT2D eigenvalue weighted by Gasteiger charge is -2.43. The Bertz CT molecular complexity index is 1290. The van der Waals surface area contributed by atoms with E-state index >= 15 is 0 Å². The van der Waals surface area contributed by atoms with Crippen molar-refractivity contribution in [2.75, 3.05) is 51.5 Å². The van der Waals surface area contributed by atoms with E-state index in [-0.39, 0.29) is 51.0 Å². The van der Waals surface area contributed by atoms with Crippen LogP contribution in [0.25, 0.3) is 0 Å². The van der Waals surface area contributed by atoms with Gasteiger partial charge in [0.15, 0.2) is 12.2 Å². The van der Waals surface area contributed by atoms with Crippen molar-refractivity contribution in [3.05, 3.63) is 23.8 Å². The van der Waals surface area contributed by atoms with E-state index in [9.17, 15) is 32.8 Å². The van der Waals surface area contributed by atoms with Crippen LogP contribution in [0.15, 0.2) is 18.2 Å². The molecule has 0 unspecified atom stereocenters. The highest BCUT2D eigenvalue weighted by atomic mass is 19.3. The standard InChI is InChI=1S/C32H46F2N2O14/c1-18-26(46-19(2)37)27(47-20(3)38)28(48-21(4)39)30(45-18)49-24-9-8-22(16-23(24)29(33)34)36-25(40)17-44-15-14-43-13-12-42-11-10-35-31(41)50-32(5,6)7/h8-9,16,18,26-30H,10-15,17H2,1-7H3,(H,35,41)(H,36,40)/t18-,26-,27+,28-,30-/m0/s1. The zero-order chi connectivity index (χ0) is 37.4. The average Bonchev–Trinajstić information content (AvgIpc) is 2.98. The van der Waals surface area contributed by atoms with E-state index in [0.717, 1.165) is 32.9 Å². The summed E-state index contributed by atoms with van der Waals surface area (Å²) >= 11 is 0. The van der Waals surface area contributed by atoms with Crippen LogP contribution in [0.5, 0.6) is 5.75 Å². The zero-order valence-corrected chi connectivity index (χ0v) is 29.1. The van der Waals surface area contributed by atoms with Gasteiger partial charge in [-0.2, -0.15) is 0 Å². The Labute approximate surface area is 288 Å². The van der Waals surface area contributed by atoms with Gasteiger partial charge < -0.3 is 53.3 Å². The minimum atomic E-state index is -3.08. The number of benzene rings is 1. The number of amides is 2. The number of alkyl halides is 2. The summed E-state index contributed by atoms with van der Waals surface area (Å²) in [7, 11) is 0. The largest absolute Gasteiger partial charge is 0.460 e. The predicted molar refractivity (Wildman–Crippen MR) is 168 cm³/mol. The van der Waals surface area contributed by atoms with Crippen LogP contribution < -0.4 is 15.4 Å². The van der Waals surface area contributed by atoms with Crippen molar-refractivity contribution >= 4 is 35.6 Å². The maximum absolute atomic E-state index is 14.1. The number of anilines is 1. The first kappa shape index (κ1) is 42.0. The summed E-state index contributed by atoms with van der Waals surface area (Å²) in [5.74, 6) is -3.37. The molecule has 1 saturated heterocycles. The maximum Gasteiger partial charge on any atom is 0.407 e. The van der Waals surface area contributed by atoms with E-state index in [1.165, 1.54) is 13.0 Å². The van der Waals surface area contributed by atoms with Crippen LogP contribution in [0.3, 0.4) is 0 Å². The molecule has 0 aromatic heterocycles. The van der Waals surface area contributed by atoms with E-state index < -0.39 is 84.8 Å². The number of hydrogen-bond acceptors (Lipinski definition) is 14. The van der Waals surface area contributed by atoms with Gasteiger partial charge in [0.25, 0.3) is 6.43 Å². The highest BCUT2D eigenvalue weighted by Gasteiger charge is 2.51. The summed E-state index contributed by atoms with van der Waals surface area (Å²) in [5.41, 5.74) is -1.21. The Morgan fingerprint density at radius 3 is 1.96 bits per heavy atom. The maximum atomic E-state index is 14.1. The first-order chi connectivity index (χ1) is 23.5. The molecule has 1 aromatic rings. The van der Waals surface area contributed by atoms with E-state index in [1.54, 1.807) is 20.8 Å². The third-order valence-electron chi connectivity index (χ3n) is 6.30. The van der Waals surface area contributed by atoms with Gasteiger partial charge in [0.2, 0.25) is 18.3 Å². The summed E-state index contributed by atoms with van der Waals surface area (Å²) in [4.78, 5) is 59.4. The topological polar surface area (TPSA) is 192 Å². The molecule has 16 nitrogen and oxygen atoms in total. The lowest BCUT2D eigenvalue weighted by Crippen LogP contribution is -2.62. The molecule has 50 heavy (non-hydrogen) atoms. The van der Waals surface area contributed by atoms with Crippen LogP contribution in [0, 0.1) is 0 Å². The Hall–Kier alpha value is -4.13. The molecule has 0 spiro atoms. The second kappa shape index (κ2) is 20.5. The minimum absolute atomic E-state index is 0.0120. The molecule has 1 aliphatic heterocycles. The number of nitrogens with one attached hydrogen (secondary N) is 2. The minimum Gasteiger partial charge on any atom is -0.460 e. The second-order valence-corrected chi connectivity index (χ2v) is 11.9. The van der Waals surface area contributed by atoms with Crippen molar-refractivity contribution in [2.24, 2.45) is 0 Å². The Kier molecular flexibility index (Phi) is 17.3. The molecule has 0 aliphatic carbocycles. The summed E-state index contributed by atoms with van der Waals surface area (Å²) in [6.07, 6.45) is -10.3. The number of ether oxygens (including phenoxy) is 9. The fourth-order valence-electron chi connectivity index (χ4n) is 4.44. The molecule has 282 valence electrons. The lowest BCUT2D eigenvalue weighted by atomic mass is 9.98. The summed E-state index contributed by atoms with van der Waals surface area (Å²) in [6.45, 7) is 10.9. The van der Waals surface area contributed by atoms with E-state index in [1.807, 2.05) is 0 Å². The van der Waals surface area contributed by atoms with Gasteiger partial charge in [-0.25, -0.2) is 13.6 Å². The number of esters is 3. The van der Waals surface area contributed by atoms with E-state index in [2.05, 4.69) is 10.6 Å². The molecule has 2 rings (SSSR count). The number of carbonyl (C=O) groups is 5. The van der Waals surface area contributed by atoms with Crippen LogP contribution in [0.1, 0.15) is 60.5 Å². The van der Waals surface area contributed by atoms with Crippen molar-refractivity contribution in [2.45, 2.75) is 91.2 Å². The van der Waals surface area contributed by atoms with Crippen molar-refractivity contribution < 1.29 is 75.4 Å². The first-order valence-electron chi connectivity index (χ1n) is 15.7. The molecule has 1 aliphatic rings. The van der Waals surface area contributed by atoms with Crippen molar-refractivity contribution in [3.63, 3.8) is 0 Å². The Morgan fingerprint density at radius 2 is 1.38 bits per heavy atom. The molecule has 1 heterocycles. The smallest absolute Gasteiger partial charge is 0.407 e. The Balaban J connectivity index is 1.88. The zero-order valence-electron chi connectivity index (χ0n) is 29.1. The van der Waals surface area contributed by atoms with Gasteiger partial charge in [0, 0.05) is 33.0 Å². The molecule has 0 radical (unpaired) electrons. The molecular weight excluding hydrogens is 674 g/mol. The SMILES string of the molecule is CC(=O)O[C@H]1[C@H](OC(C)=O)[C@H](Oc2ccc(NC(=O)COCCOCCOCCNC(=O)OC(C)(C)C)cc2C(F)F)O[C@@H](C)[C@@H]1OC(C)=O. The monoisotopic (exact) mass is 720 g/mol. The van der Waals surface area contributed by atoms with Crippen LogP contribution >= 0.6 is 0 Å². The third kappa shape index (κ3) is 15.6. The third-order valence-corrected chi connectivity index (χ3v) is 6.30. The van der Waals surface area contributed by atoms with Gasteiger partial charge in [-0.1, -0.05) is 0 Å². The molecule has 5 atom stereocenters. The van der Waals surface area contributed by atoms with Gasteiger partial charge in [0.05, 0.1) is 44.7 Å². The summed E-state index contributed by atoms with van der Waals surface area (Å²) in [6, 6.07) is 3.44. The van der Waals surface area contributed by atoms with Gasteiger partial charge >= 0.3 is 24.0 Å². The van der Waals surface area contributed by atoms with Gasteiger partial charge in [-0.05, 0) is 45.9 Å². The Morgan fingerprint density at radius 1 is 0.820 bits per heavy atom. The van der Waals surface area contributed by atoms with Gasteiger partial charge in [-0.3, -0.25) is 19.2 Å². The number of alkyl carbamates (subject to hydrolysis) is 1. The second-order valence-electron chi connectivity index (χ2n) is 11.9. The quantitative estimate of drug-likeness (QED) is 0.128. The van der Waals surface area contributed by atoms with E-state index in [0.29, 0.717) is 0 Å². The summed E-state index contributed by atoms with van der Waals surface area (Å²) < 4.78 is 76.7. The molecule has 0 saturated carbocycles. The number of halogens is 2. The molecule has 2 N–H and O–H groups in total. The first-order valence-corrected chi connectivity index (χ1v) is 15.7. The van der Waals surface area contributed by atoms with Gasteiger partial charge in [0.1, 0.15) is 18.0 Å². The number of hydrogen-bond donors (Lipinski definition) is 2. The number of rotatable bonds is 18. The highest BCUT2D eigenvalue weighted by Crippen LogP contribution is 2.36. The molecule has 1 aromatic carbocycles. The number of carbonyl (C=O) groups excluding carboxylic acids is 5. The van der Waals surface area contributed by atoms with Gasteiger partial charge in [-0.15, -0.1) is 0 Å². The lowest BCUT2D eigenvalue weighted by molar-refractivity contribution is -0.280. The molecule has 0 bridgehead atoms. The fourth-order valence-corrected chi connectivity index (χ4v) is 4.44. The van der Waals surface area contributed by atoms with Crippen molar-refractivity contribution in [1.29, 1.82) is 0 Å². The average molecular weight is 721 g/mol. The molecule has 2 amide bonds. The van der Waals surface area contributed by atoms with E-state index in [4.69, 9.17) is 42.6 Å². The van der Waals surface area contributed by atoms with Crippen LogP contribution in [-0.2, 0) is 57.1 Å². The predicted octanol–water partition coefficient (Wildman–Crippen LogP) is 3.06. The fraction of sp³-hybridized carbons (Fsp3) is 0.656. The molecular formula is C32H46F2N2O14. The normalized spacial score (nSPS) is 20.4. The highest BCUT2D eigenvalue weighted by molar-refractivity contribution is 5.91. The molecule has 18 heteroatoms. The van der Waals surface area contributed by atoms with Crippen LogP contribution in [0.2, 0.25) is 0 Å².